The second-order valence-electron chi connectivity index (χ2n) is 4.13. The van der Waals surface area contributed by atoms with E-state index in [1.807, 2.05) is 36.1 Å². The van der Waals surface area contributed by atoms with E-state index in [2.05, 4.69) is 10.3 Å². The fourth-order valence-electron chi connectivity index (χ4n) is 1.78. The molecule has 0 aliphatic carbocycles. The highest BCUT2D eigenvalue weighted by Crippen LogP contribution is 2.25. The lowest BCUT2D eigenvalue weighted by Gasteiger charge is -2.17. The summed E-state index contributed by atoms with van der Waals surface area (Å²) in [5, 5.41) is 12.3. The SMILES string of the molecule is CCN(CCO)CC(=O)Nc1nc2ccccc2s1. The summed E-state index contributed by atoms with van der Waals surface area (Å²) < 4.78 is 1.06. The number of aliphatic hydroxyl groups is 1. The van der Waals surface area contributed by atoms with Gasteiger partial charge in [-0.15, -0.1) is 0 Å². The minimum Gasteiger partial charge on any atom is -0.395 e. The summed E-state index contributed by atoms with van der Waals surface area (Å²) in [5.74, 6) is -0.102. The summed E-state index contributed by atoms with van der Waals surface area (Å²) in [7, 11) is 0. The summed E-state index contributed by atoms with van der Waals surface area (Å²) >= 11 is 1.46. The van der Waals surface area contributed by atoms with Crippen molar-refractivity contribution in [2.45, 2.75) is 6.92 Å². The number of para-hydroxylation sites is 1. The molecule has 6 heteroatoms. The Morgan fingerprint density at radius 3 is 2.95 bits per heavy atom. The van der Waals surface area contributed by atoms with E-state index in [0.717, 1.165) is 16.8 Å². The zero-order valence-corrected chi connectivity index (χ0v) is 11.6. The van der Waals surface area contributed by atoms with Crippen LogP contribution in [0.1, 0.15) is 6.92 Å². The first-order valence-electron chi connectivity index (χ1n) is 6.21. The van der Waals surface area contributed by atoms with Crippen molar-refractivity contribution in [1.29, 1.82) is 0 Å². The van der Waals surface area contributed by atoms with Crippen LogP contribution in [-0.2, 0) is 4.79 Å². The van der Waals surface area contributed by atoms with E-state index in [0.29, 0.717) is 11.7 Å². The minimum atomic E-state index is -0.102. The Labute approximate surface area is 115 Å². The Hall–Kier alpha value is -1.50. The van der Waals surface area contributed by atoms with Gasteiger partial charge in [-0.2, -0.15) is 0 Å². The molecule has 1 heterocycles. The molecule has 0 spiro atoms. The van der Waals surface area contributed by atoms with Gasteiger partial charge in [0.15, 0.2) is 5.13 Å². The lowest BCUT2D eigenvalue weighted by molar-refractivity contribution is -0.117. The molecular weight excluding hydrogens is 262 g/mol. The number of nitrogens with one attached hydrogen (secondary N) is 1. The lowest BCUT2D eigenvalue weighted by Crippen LogP contribution is -2.35. The van der Waals surface area contributed by atoms with Gasteiger partial charge in [-0.1, -0.05) is 30.4 Å². The molecule has 5 nitrogen and oxygen atoms in total. The average Bonchev–Trinajstić information content (AvgIpc) is 2.80. The first-order valence-corrected chi connectivity index (χ1v) is 7.03. The van der Waals surface area contributed by atoms with Gasteiger partial charge >= 0.3 is 0 Å². The Balaban J connectivity index is 1.98. The molecule has 0 saturated heterocycles. The molecule has 1 aromatic heterocycles. The molecule has 2 aromatic rings. The van der Waals surface area contributed by atoms with Gasteiger partial charge in [-0.3, -0.25) is 9.69 Å². The zero-order chi connectivity index (χ0) is 13.7. The highest BCUT2D eigenvalue weighted by molar-refractivity contribution is 7.22. The number of thiazole rings is 1. The second-order valence-corrected chi connectivity index (χ2v) is 5.16. The molecule has 1 aromatic carbocycles. The fraction of sp³-hybridized carbons (Fsp3) is 0.385. The Morgan fingerprint density at radius 2 is 2.26 bits per heavy atom. The van der Waals surface area contributed by atoms with Gasteiger partial charge in [-0.05, 0) is 18.7 Å². The van der Waals surface area contributed by atoms with Crippen molar-refractivity contribution in [3.63, 3.8) is 0 Å². The van der Waals surface area contributed by atoms with Crippen LogP contribution in [0.4, 0.5) is 5.13 Å². The summed E-state index contributed by atoms with van der Waals surface area (Å²) in [6.45, 7) is 3.52. The number of carbonyl (C=O) groups excluding carboxylic acids is 1. The third-order valence-corrected chi connectivity index (χ3v) is 3.72. The van der Waals surface area contributed by atoms with Gasteiger partial charge in [0.1, 0.15) is 0 Å². The molecule has 0 aliphatic heterocycles. The molecule has 0 aliphatic rings. The number of nitrogens with zero attached hydrogens (tertiary/aromatic N) is 2. The molecule has 2 N–H and O–H groups in total. The lowest BCUT2D eigenvalue weighted by atomic mass is 10.3. The zero-order valence-electron chi connectivity index (χ0n) is 10.8. The number of anilines is 1. The molecule has 1 amide bonds. The molecule has 19 heavy (non-hydrogen) atoms. The van der Waals surface area contributed by atoms with E-state index in [-0.39, 0.29) is 19.1 Å². The van der Waals surface area contributed by atoms with Crippen molar-refractivity contribution in [3.8, 4) is 0 Å². The van der Waals surface area contributed by atoms with E-state index < -0.39 is 0 Å². The van der Waals surface area contributed by atoms with Crippen molar-refractivity contribution in [2.24, 2.45) is 0 Å². The summed E-state index contributed by atoms with van der Waals surface area (Å²) in [6.07, 6.45) is 0. The molecule has 2 rings (SSSR count). The summed E-state index contributed by atoms with van der Waals surface area (Å²) in [4.78, 5) is 18.1. The average molecular weight is 279 g/mol. The predicted octanol–water partition coefficient (Wildman–Crippen LogP) is 1.55. The summed E-state index contributed by atoms with van der Waals surface area (Å²) in [5.41, 5.74) is 0.894. The van der Waals surface area contributed by atoms with Crippen LogP contribution in [-0.4, -0.2) is 47.1 Å². The van der Waals surface area contributed by atoms with Gasteiger partial charge in [-0.25, -0.2) is 4.98 Å². The van der Waals surface area contributed by atoms with Crippen LogP contribution in [0.3, 0.4) is 0 Å². The molecular formula is C13H17N3O2S. The normalized spacial score (nSPS) is 11.1. The van der Waals surface area contributed by atoms with E-state index in [1.165, 1.54) is 11.3 Å². The van der Waals surface area contributed by atoms with E-state index in [4.69, 9.17) is 5.11 Å². The Morgan fingerprint density at radius 1 is 1.47 bits per heavy atom. The second kappa shape index (κ2) is 6.60. The van der Waals surface area contributed by atoms with Crippen LogP contribution in [0.15, 0.2) is 24.3 Å². The maximum atomic E-state index is 11.9. The fourth-order valence-corrected chi connectivity index (χ4v) is 2.66. The third-order valence-electron chi connectivity index (χ3n) is 2.77. The number of benzene rings is 1. The monoisotopic (exact) mass is 279 g/mol. The Kier molecular flexibility index (Phi) is 4.84. The number of fused-ring (bicyclic) bond motifs is 1. The van der Waals surface area contributed by atoms with Crippen molar-refractivity contribution in [1.82, 2.24) is 9.88 Å². The molecule has 0 bridgehead atoms. The van der Waals surface area contributed by atoms with E-state index >= 15 is 0 Å². The minimum absolute atomic E-state index is 0.0578. The van der Waals surface area contributed by atoms with Crippen LogP contribution in [0.2, 0.25) is 0 Å². The molecule has 0 fully saturated rings. The quantitative estimate of drug-likeness (QED) is 0.842. The van der Waals surface area contributed by atoms with Crippen molar-refractivity contribution < 1.29 is 9.90 Å². The van der Waals surface area contributed by atoms with Crippen LogP contribution >= 0.6 is 11.3 Å². The largest absolute Gasteiger partial charge is 0.395 e. The number of aliphatic hydroxyl groups excluding tert-OH is 1. The third kappa shape index (κ3) is 3.73. The van der Waals surface area contributed by atoms with Crippen molar-refractivity contribution >= 4 is 32.6 Å². The van der Waals surface area contributed by atoms with Crippen LogP contribution in [0.25, 0.3) is 10.2 Å². The highest BCUT2D eigenvalue weighted by atomic mass is 32.1. The number of rotatable bonds is 6. The smallest absolute Gasteiger partial charge is 0.240 e. The standard InChI is InChI=1S/C13H17N3O2S/c1-2-16(7-8-17)9-12(18)15-13-14-10-5-3-4-6-11(10)19-13/h3-6,17H,2,7-9H2,1H3,(H,14,15,18). The number of carbonyl (C=O) groups is 1. The first-order chi connectivity index (χ1) is 9.22. The van der Waals surface area contributed by atoms with Gasteiger partial charge in [0.05, 0.1) is 23.4 Å². The van der Waals surface area contributed by atoms with Crippen LogP contribution in [0.5, 0.6) is 0 Å². The maximum Gasteiger partial charge on any atom is 0.240 e. The number of amides is 1. The highest BCUT2D eigenvalue weighted by Gasteiger charge is 2.11. The van der Waals surface area contributed by atoms with E-state index in [1.54, 1.807) is 0 Å². The van der Waals surface area contributed by atoms with E-state index in [9.17, 15) is 4.79 Å². The molecule has 0 saturated carbocycles. The number of hydrogen-bond donors (Lipinski definition) is 2. The Bertz CT molecular complexity index is 523. The predicted molar refractivity (Wildman–Crippen MR) is 77.4 cm³/mol. The number of aromatic nitrogens is 1. The molecule has 102 valence electrons. The summed E-state index contributed by atoms with van der Waals surface area (Å²) in [6, 6.07) is 7.78. The molecule has 0 unspecified atom stereocenters. The van der Waals surface area contributed by atoms with Crippen LogP contribution in [0, 0.1) is 0 Å². The molecule has 0 radical (unpaired) electrons. The number of likely N-dealkylation sites (N-methyl/N-ethyl adjacent to an activating group) is 1. The van der Waals surface area contributed by atoms with Gasteiger partial charge in [0, 0.05) is 6.54 Å². The number of hydrogen-bond acceptors (Lipinski definition) is 5. The van der Waals surface area contributed by atoms with Gasteiger partial charge in [0.25, 0.3) is 0 Å². The maximum absolute atomic E-state index is 11.9. The molecule has 0 atom stereocenters. The topological polar surface area (TPSA) is 65.5 Å². The van der Waals surface area contributed by atoms with Crippen molar-refractivity contribution in [2.75, 3.05) is 31.6 Å². The van der Waals surface area contributed by atoms with Gasteiger partial charge in [0.2, 0.25) is 5.91 Å². The first kappa shape index (κ1) is 13.9. The van der Waals surface area contributed by atoms with Gasteiger partial charge < -0.3 is 10.4 Å². The van der Waals surface area contributed by atoms with Crippen molar-refractivity contribution in [3.05, 3.63) is 24.3 Å². The van der Waals surface area contributed by atoms with Crippen LogP contribution < -0.4 is 5.32 Å².